The van der Waals surface area contributed by atoms with Gasteiger partial charge < -0.3 is 10.0 Å². The molecular weight excluding hydrogens is 264 g/mol. The lowest BCUT2D eigenvalue weighted by molar-refractivity contribution is -0.140. The van der Waals surface area contributed by atoms with Crippen LogP contribution in [0.15, 0.2) is 18.3 Å². The summed E-state index contributed by atoms with van der Waals surface area (Å²) in [5.41, 5.74) is 1.12. The van der Waals surface area contributed by atoms with Gasteiger partial charge in [0, 0.05) is 19.3 Å². The molecule has 0 fully saturated rings. The molecule has 0 saturated carbocycles. The number of hydrogen-bond acceptors (Lipinski definition) is 3. The zero-order chi connectivity index (χ0) is 15.7. The third kappa shape index (κ3) is 6.61. The number of anilines is 1. The fraction of sp³-hybridized carbons (Fsp3) is 0.647. The Balaban J connectivity index is 2.61. The van der Waals surface area contributed by atoms with Gasteiger partial charge in [-0.1, -0.05) is 45.6 Å². The normalized spacial score (nSPS) is 12.1. The molecule has 118 valence electrons. The van der Waals surface area contributed by atoms with Gasteiger partial charge in [0.05, 0.1) is 5.92 Å². The number of carbonyl (C=O) groups is 1. The van der Waals surface area contributed by atoms with Crippen molar-refractivity contribution >= 4 is 11.8 Å². The van der Waals surface area contributed by atoms with Crippen molar-refractivity contribution in [3.63, 3.8) is 0 Å². The van der Waals surface area contributed by atoms with Crippen LogP contribution in [0.25, 0.3) is 0 Å². The van der Waals surface area contributed by atoms with Crippen LogP contribution in [0.5, 0.6) is 0 Å². The second-order valence-corrected chi connectivity index (χ2v) is 5.79. The van der Waals surface area contributed by atoms with Gasteiger partial charge in [-0.15, -0.1) is 0 Å². The number of aliphatic carboxylic acids is 1. The van der Waals surface area contributed by atoms with Crippen LogP contribution in [0.3, 0.4) is 0 Å². The highest BCUT2D eigenvalue weighted by molar-refractivity contribution is 5.70. The van der Waals surface area contributed by atoms with E-state index in [0.717, 1.165) is 24.3 Å². The van der Waals surface area contributed by atoms with E-state index in [1.54, 1.807) is 6.92 Å². The van der Waals surface area contributed by atoms with Crippen molar-refractivity contribution in [3.05, 3.63) is 23.9 Å². The quantitative estimate of drug-likeness (QED) is 0.665. The molecule has 0 bridgehead atoms. The van der Waals surface area contributed by atoms with Crippen molar-refractivity contribution in [1.82, 2.24) is 4.98 Å². The van der Waals surface area contributed by atoms with E-state index in [1.807, 2.05) is 25.3 Å². The second-order valence-electron chi connectivity index (χ2n) is 5.79. The summed E-state index contributed by atoms with van der Waals surface area (Å²) in [6, 6.07) is 4.01. The Morgan fingerprint density at radius 1 is 1.29 bits per heavy atom. The number of aromatic nitrogens is 1. The maximum absolute atomic E-state index is 11.1. The van der Waals surface area contributed by atoms with Crippen LogP contribution in [0.2, 0.25) is 0 Å². The lowest BCUT2D eigenvalue weighted by atomic mass is 10.1. The van der Waals surface area contributed by atoms with Gasteiger partial charge in [0.1, 0.15) is 5.82 Å². The zero-order valence-corrected chi connectivity index (χ0v) is 13.5. The largest absolute Gasteiger partial charge is 0.481 e. The second kappa shape index (κ2) is 9.37. The summed E-state index contributed by atoms with van der Waals surface area (Å²) in [6.45, 7) is 7.35. The summed E-state index contributed by atoms with van der Waals surface area (Å²) in [7, 11) is 0. The molecule has 0 radical (unpaired) electrons. The van der Waals surface area contributed by atoms with Crippen LogP contribution < -0.4 is 4.90 Å². The first-order chi connectivity index (χ1) is 10.0. The Hall–Kier alpha value is -1.58. The molecule has 0 aliphatic carbocycles. The Morgan fingerprint density at radius 3 is 2.57 bits per heavy atom. The molecule has 0 aliphatic heterocycles. The van der Waals surface area contributed by atoms with Crippen molar-refractivity contribution < 1.29 is 9.90 Å². The van der Waals surface area contributed by atoms with Crippen molar-refractivity contribution in [1.29, 1.82) is 0 Å². The Kier molecular flexibility index (Phi) is 7.80. The molecule has 1 heterocycles. The van der Waals surface area contributed by atoms with Crippen LogP contribution >= 0.6 is 0 Å². The summed E-state index contributed by atoms with van der Waals surface area (Å²) in [5.74, 6) is -0.258. The first-order valence-corrected chi connectivity index (χ1v) is 7.95. The van der Waals surface area contributed by atoms with Gasteiger partial charge in [0.15, 0.2) is 0 Å². The summed E-state index contributed by atoms with van der Waals surface area (Å²) in [5, 5.41) is 9.12. The first-order valence-electron chi connectivity index (χ1n) is 7.95. The zero-order valence-electron chi connectivity index (χ0n) is 13.5. The number of pyridine rings is 1. The molecule has 0 amide bonds. The number of nitrogens with zero attached hydrogens (tertiary/aromatic N) is 2. The van der Waals surface area contributed by atoms with Gasteiger partial charge >= 0.3 is 5.97 Å². The predicted octanol–water partition coefficient (Wildman–Crippen LogP) is 3.89. The minimum atomic E-state index is -0.752. The molecule has 1 atom stereocenters. The molecule has 4 heteroatoms. The van der Waals surface area contributed by atoms with E-state index >= 15 is 0 Å². The third-order valence-corrected chi connectivity index (χ3v) is 3.67. The molecule has 1 rings (SSSR count). The van der Waals surface area contributed by atoms with Gasteiger partial charge in [0.2, 0.25) is 0 Å². The van der Waals surface area contributed by atoms with Gasteiger partial charge in [-0.3, -0.25) is 4.79 Å². The lowest BCUT2D eigenvalue weighted by Crippen LogP contribution is -2.33. The Labute approximate surface area is 128 Å². The molecule has 0 aliphatic rings. The standard InChI is InChI=1S/C17H28N2O2/c1-4-5-6-7-8-11-19(13-15(3)17(20)21)16-10-9-14(2)12-18-16/h9-10,12,15H,4-8,11,13H2,1-3H3,(H,20,21). The van der Waals surface area contributed by atoms with E-state index in [9.17, 15) is 4.79 Å². The number of hydrogen-bond donors (Lipinski definition) is 1. The molecule has 1 N–H and O–H groups in total. The molecule has 0 saturated heterocycles. The molecule has 21 heavy (non-hydrogen) atoms. The van der Waals surface area contributed by atoms with E-state index in [4.69, 9.17) is 5.11 Å². The van der Waals surface area contributed by atoms with E-state index < -0.39 is 5.97 Å². The van der Waals surface area contributed by atoms with Crippen LogP contribution in [0.4, 0.5) is 5.82 Å². The average molecular weight is 292 g/mol. The van der Waals surface area contributed by atoms with Crippen LogP contribution in [-0.2, 0) is 4.79 Å². The van der Waals surface area contributed by atoms with Crippen molar-refractivity contribution in [3.8, 4) is 0 Å². The topological polar surface area (TPSA) is 53.4 Å². The van der Waals surface area contributed by atoms with E-state index in [2.05, 4.69) is 16.8 Å². The number of carboxylic acids is 1. The van der Waals surface area contributed by atoms with Gasteiger partial charge in [-0.05, 0) is 25.0 Å². The molecule has 1 unspecified atom stereocenters. The van der Waals surface area contributed by atoms with Crippen LogP contribution in [0, 0.1) is 12.8 Å². The minimum absolute atomic E-state index is 0.385. The molecule has 0 aromatic carbocycles. The maximum atomic E-state index is 11.1. The number of carboxylic acid groups (broad SMARTS) is 1. The molecule has 4 nitrogen and oxygen atoms in total. The third-order valence-electron chi connectivity index (χ3n) is 3.67. The van der Waals surface area contributed by atoms with E-state index in [0.29, 0.717) is 6.54 Å². The molecule has 0 spiro atoms. The van der Waals surface area contributed by atoms with Crippen molar-refractivity contribution in [2.75, 3.05) is 18.0 Å². The summed E-state index contributed by atoms with van der Waals surface area (Å²) in [4.78, 5) is 17.6. The summed E-state index contributed by atoms with van der Waals surface area (Å²) < 4.78 is 0. The summed E-state index contributed by atoms with van der Waals surface area (Å²) >= 11 is 0. The number of aryl methyl sites for hydroxylation is 1. The maximum Gasteiger partial charge on any atom is 0.308 e. The fourth-order valence-electron chi connectivity index (χ4n) is 2.26. The molecular formula is C17H28N2O2. The number of unbranched alkanes of at least 4 members (excludes halogenated alkanes) is 4. The predicted molar refractivity (Wildman–Crippen MR) is 86.7 cm³/mol. The monoisotopic (exact) mass is 292 g/mol. The van der Waals surface area contributed by atoms with Gasteiger partial charge in [-0.2, -0.15) is 0 Å². The highest BCUT2D eigenvalue weighted by atomic mass is 16.4. The molecule has 1 aromatic rings. The smallest absolute Gasteiger partial charge is 0.308 e. The fourth-order valence-corrected chi connectivity index (χ4v) is 2.26. The van der Waals surface area contributed by atoms with Crippen LogP contribution in [-0.4, -0.2) is 29.1 Å². The highest BCUT2D eigenvalue weighted by Gasteiger charge is 2.17. The van der Waals surface area contributed by atoms with Crippen molar-refractivity contribution in [2.45, 2.75) is 52.9 Å². The average Bonchev–Trinajstić information content (AvgIpc) is 2.46. The van der Waals surface area contributed by atoms with E-state index in [1.165, 1.54) is 25.7 Å². The first kappa shape index (κ1) is 17.5. The van der Waals surface area contributed by atoms with E-state index in [-0.39, 0.29) is 5.92 Å². The Bertz CT molecular complexity index is 417. The SMILES string of the molecule is CCCCCCCN(CC(C)C(=O)O)c1ccc(C)cn1. The van der Waals surface area contributed by atoms with Crippen molar-refractivity contribution in [2.24, 2.45) is 5.92 Å². The summed E-state index contributed by atoms with van der Waals surface area (Å²) in [6.07, 6.45) is 7.87. The molecule has 1 aromatic heterocycles. The number of rotatable bonds is 10. The Morgan fingerprint density at radius 2 is 2.00 bits per heavy atom. The lowest BCUT2D eigenvalue weighted by Gasteiger charge is -2.25. The van der Waals surface area contributed by atoms with Gasteiger partial charge in [0.25, 0.3) is 0 Å². The minimum Gasteiger partial charge on any atom is -0.481 e. The highest BCUT2D eigenvalue weighted by Crippen LogP contribution is 2.15. The van der Waals surface area contributed by atoms with Gasteiger partial charge in [-0.25, -0.2) is 4.98 Å². The van der Waals surface area contributed by atoms with Crippen LogP contribution in [0.1, 0.15) is 51.5 Å².